The van der Waals surface area contributed by atoms with Crippen molar-refractivity contribution < 1.29 is 22.9 Å². The van der Waals surface area contributed by atoms with Crippen LogP contribution in [0.3, 0.4) is 0 Å². The number of hydrogen-bond donors (Lipinski definition) is 3. The number of rotatable bonds is 8. The van der Waals surface area contributed by atoms with Gasteiger partial charge in [0, 0.05) is 22.8 Å². The molecule has 2 aromatic heterocycles. The molecule has 0 aliphatic carbocycles. The lowest BCUT2D eigenvalue weighted by Crippen LogP contribution is -2.12. The van der Waals surface area contributed by atoms with Gasteiger partial charge < -0.3 is 15.2 Å². The van der Waals surface area contributed by atoms with Crippen LogP contribution >= 0.6 is 0 Å². The van der Waals surface area contributed by atoms with Crippen molar-refractivity contribution in [3.05, 3.63) is 96.3 Å². The number of aldehydes is 1. The summed E-state index contributed by atoms with van der Waals surface area (Å²) >= 11 is 0. The van der Waals surface area contributed by atoms with E-state index in [1.807, 2.05) is 6.07 Å². The first-order valence-electron chi connectivity index (χ1n) is 11.7. The van der Waals surface area contributed by atoms with Gasteiger partial charge in [0.2, 0.25) is 0 Å². The maximum absolute atomic E-state index is 12.1. The topological polar surface area (TPSA) is 183 Å². The predicted octanol–water partition coefficient (Wildman–Crippen LogP) is 5.01. The summed E-state index contributed by atoms with van der Waals surface area (Å²) in [5, 5.41) is 37.7. The number of carbonyl (C=O) groups is 1. The van der Waals surface area contributed by atoms with Crippen molar-refractivity contribution in [3.63, 3.8) is 0 Å². The highest BCUT2D eigenvalue weighted by molar-refractivity contribution is 7.85. The number of nitrogens with one attached hydrogen (secondary N) is 1. The minimum absolute atomic E-state index is 0.0566. The molecule has 0 spiro atoms. The Morgan fingerprint density at radius 2 is 1.80 bits per heavy atom. The Morgan fingerprint density at radius 1 is 1.05 bits per heavy atom. The number of nitrogens with zero attached hydrogens (tertiary/aromatic N) is 6. The third-order valence-electron chi connectivity index (χ3n) is 5.95. The number of aromatic hydroxyl groups is 1. The Bertz CT molecular complexity index is 1900. The molecule has 5 rings (SSSR count). The van der Waals surface area contributed by atoms with Gasteiger partial charge in [-0.15, -0.1) is 10.2 Å². The van der Waals surface area contributed by atoms with Crippen molar-refractivity contribution in [1.29, 1.82) is 5.26 Å². The van der Waals surface area contributed by atoms with E-state index in [1.165, 1.54) is 35.1 Å². The quantitative estimate of drug-likeness (QED) is 0.135. The number of azo groups is 1. The average molecular weight is 554 g/mol. The lowest BCUT2D eigenvalue weighted by atomic mass is 9.99. The smallest absolute Gasteiger partial charge is 0.294 e. The molecule has 5 aromatic rings. The summed E-state index contributed by atoms with van der Waals surface area (Å²) in [6, 6.07) is 19.9. The Kier molecular flexibility index (Phi) is 7.02. The number of benzene rings is 3. The van der Waals surface area contributed by atoms with Gasteiger partial charge in [0.05, 0.1) is 11.1 Å². The SMILES string of the molecule is N#Cc1cnn(-c2ccccn2)c1N=Nc1c(O)c([C@@H](C=O)Nc2ccc(S(=O)(=O)O)cc2)cc2ccccc12. The summed E-state index contributed by atoms with van der Waals surface area (Å²) in [5.74, 6) is 0.175. The van der Waals surface area contributed by atoms with Crippen LogP contribution in [-0.4, -0.2) is 39.1 Å². The maximum Gasteiger partial charge on any atom is 0.294 e. The number of anilines is 1. The molecule has 0 amide bonds. The van der Waals surface area contributed by atoms with Gasteiger partial charge in [-0.2, -0.15) is 23.5 Å². The Hall–Kier alpha value is -5.45. The third-order valence-corrected chi connectivity index (χ3v) is 6.81. The van der Waals surface area contributed by atoms with E-state index in [0.717, 1.165) is 0 Å². The molecule has 0 unspecified atom stereocenters. The van der Waals surface area contributed by atoms with Gasteiger partial charge in [0.1, 0.15) is 35.4 Å². The van der Waals surface area contributed by atoms with E-state index in [9.17, 15) is 28.1 Å². The lowest BCUT2D eigenvalue weighted by molar-refractivity contribution is -0.108. The standard InChI is InChI=1S/C27H19N7O5S/c28-14-18-15-30-34(24-7-3-4-12-29-24)27(18)33-32-25-21-6-2-1-5-17(21)13-22(26(25)36)23(16-35)31-19-8-10-20(11-9-19)40(37,38)39/h1-13,15-16,23,31,36H,(H,37,38,39)/t23-/m1/s1. The van der Waals surface area contributed by atoms with Gasteiger partial charge in [-0.1, -0.05) is 30.3 Å². The van der Waals surface area contributed by atoms with E-state index in [0.29, 0.717) is 28.6 Å². The fourth-order valence-corrected chi connectivity index (χ4v) is 4.51. The average Bonchev–Trinajstić information content (AvgIpc) is 3.38. The van der Waals surface area contributed by atoms with Gasteiger partial charge in [-0.25, -0.2) is 4.98 Å². The zero-order chi connectivity index (χ0) is 28.3. The van der Waals surface area contributed by atoms with Crippen LogP contribution in [0, 0.1) is 11.3 Å². The number of aromatic nitrogens is 3. The highest BCUT2D eigenvalue weighted by Crippen LogP contribution is 2.42. The number of hydrogen-bond acceptors (Lipinski definition) is 10. The fraction of sp³-hybridized carbons (Fsp3) is 0.0370. The summed E-state index contributed by atoms with van der Waals surface area (Å²) in [5.41, 5.74) is 0.731. The number of phenols is 1. The number of carbonyl (C=O) groups excluding carboxylic acids is 1. The fourth-order valence-electron chi connectivity index (χ4n) is 4.03. The molecule has 3 N–H and O–H groups in total. The van der Waals surface area contributed by atoms with E-state index >= 15 is 0 Å². The molecule has 1 atom stereocenters. The van der Waals surface area contributed by atoms with E-state index in [2.05, 4.69) is 25.6 Å². The van der Waals surface area contributed by atoms with Crippen molar-refractivity contribution in [2.75, 3.05) is 5.32 Å². The van der Waals surface area contributed by atoms with Crippen LogP contribution in [-0.2, 0) is 14.9 Å². The summed E-state index contributed by atoms with van der Waals surface area (Å²) < 4.78 is 33.2. The second kappa shape index (κ2) is 10.7. The Balaban J connectivity index is 1.58. The second-order valence-electron chi connectivity index (χ2n) is 8.44. The highest BCUT2D eigenvalue weighted by Gasteiger charge is 2.21. The Morgan fingerprint density at radius 3 is 2.48 bits per heavy atom. The molecule has 0 saturated carbocycles. The zero-order valence-electron chi connectivity index (χ0n) is 20.4. The third kappa shape index (κ3) is 5.12. The summed E-state index contributed by atoms with van der Waals surface area (Å²) in [6.45, 7) is 0. The molecule has 198 valence electrons. The van der Waals surface area contributed by atoms with Crippen LogP contribution in [0.25, 0.3) is 16.6 Å². The number of nitriles is 1. The first-order valence-corrected chi connectivity index (χ1v) is 13.1. The lowest BCUT2D eigenvalue weighted by Gasteiger charge is -2.18. The van der Waals surface area contributed by atoms with E-state index in [-0.39, 0.29) is 33.3 Å². The van der Waals surface area contributed by atoms with Crippen molar-refractivity contribution >= 4 is 44.4 Å². The molecule has 2 heterocycles. The van der Waals surface area contributed by atoms with E-state index in [4.69, 9.17) is 0 Å². The van der Waals surface area contributed by atoms with Crippen LogP contribution in [0.1, 0.15) is 17.2 Å². The van der Waals surface area contributed by atoms with Crippen molar-refractivity contribution in [1.82, 2.24) is 14.8 Å². The number of pyridine rings is 1. The molecule has 0 bridgehead atoms. The number of phenolic OH excluding ortho intramolecular Hbond substituents is 1. The molecular weight excluding hydrogens is 534 g/mol. The predicted molar refractivity (Wildman–Crippen MR) is 145 cm³/mol. The minimum Gasteiger partial charge on any atom is -0.505 e. The highest BCUT2D eigenvalue weighted by atomic mass is 32.2. The van der Waals surface area contributed by atoms with Gasteiger partial charge in [-0.05, 0) is 47.9 Å². The van der Waals surface area contributed by atoms with Crippen LogP contribution in [0.15, 0.2) is 100 Å². The maximum atomic E-state index is 12.1. The minimum atomic E-state index is -4.38. The van der Waals surface area contributed by atoms with Crippen LogP contribution in [0.4, 0.5) is 17.2 Å². The Labute approximate surface area is 227 Å². The van der Waals surface area contributed by atoms with E-state index < -0.39 is 16.2 Å². The van der Waals surface area contributed by atoms with Crippen molar-refractivity contribution in [2.24, 2.45) is 10.2 Å². The van der Waals surface area contributed by atoms with Crippen LogP contribution in [0.2, 0.25) is 0 Å². The molecule has 0 aliphatic heterocycles. The van der Waals surface area contributed by atoms with E-state index in [1.54, 1.807) is 54.7 Å². The summed E-state index contributed by atoms with van der Waals surface area (Å²) in [7, 11) is -4.38. The first-order chi connectivity index (χ1) is 19.3. The van der Waals surface area contributed by atoms with Crippen molar-refractivity contribution in [2.45, 2.75) is 10.9 Å². The summed E-state index contributed by atoms with van der Waals surface area (Å²) in [4.78, 5) is 16.1. The van der Waals surface area contributed by atoms with Crippen LogP contribution in [0.5, 0.6) is 5.75 Å². The largest absolute Gasteiger partial charge is 0.505 e. The van der Waals surface area contributed by atoms with Gasteiger partial charge in [-0.3, -0.25) is 4.55 Å². The molecule has 0 fully saturated rings. The number of fused-ring (bicyclic) bond motifs is 1. The second-order valence-corrected chi connectivity index (χ2v) is 9.86. The zero-order valence-corrected chi connectivity index (χ0v) is 21.3. The molecule has 13 heteroatoms. The molecule has 0 aliphatic rings. The molecule has 0 radical (unpaired) electrons. The molecular formula is C27H19N7O5S. The molecule has 40 heavy (non-hydrogen) atoms. The van der Waals surface area contributed by atoms with Gasteiger partial charge >= 0.3 is 0 Å². The summed E-state index contributed by atoms with van der Waals surface area (Å²) in [6.07, 6.45) is 3.47. The van der Waals surface area contributed by atoms with Crippen LogP contribution < -0.4 is 5.32 Å². The normalized spacial score (nSPS) is 12.3. The van der Waals surface area contributed by atoms with Gasteiger partial charge in [0.25, 0.3) is 10.1 Å². The van der Waals surface area contributed by atoms with Gasteiger partial charge in [0.15, 0.2) is 11.6 Å². The molecule has 3 aromatic carbocycles. The monoisotopic (exact) mass is 553 g/mol. The van der Waals surface area contributed by atoms with Crippen molar-refractivity contribution in [3.8, 4) is 17.6 Å². The molecule has 12 nitrogen and oxygen atoms in total. The molecule has 0 saturated heterocycles. The first kappa shape index (κ1) is 26.2.